The van der Waals surface area contributed by atoms with Crippen LogP contribution in [0, 0.1) is 0 Å². The summed E-state index contributed by atoms with van der Waals surface area (Å²) in [6, 6.07) is 9.31. The summed E-state index contributed by atoms with van der Waals surface area (Å²) in [6.45, 7) is 2.27. The number of rotatable bonds is 3. The molecule has 1 aromatic carbocycles. The molecule has 1 aliphatic heterocycles. The Morgan fingerprint density at radius 2 is 1.92 bits per heavy atom. The molecule has 3 aromatic heterocycles. The van der Waals surface area contributed by atoms with Gasteiger partial charge in [-0.3, -0.25) is 4.40 Å². The Labute approximate surface area is 142 Å². The van der Waals surface area contributed by atoms with Gasteiger partial charge in [0.25, 0.3) is 5.89 Å². The highest BCUT2D eigenvalue weighted by atomic mass is 16.7. The predicted molar refractivity (Wildman–Crippen MR) is 87.2 cm³/mol. The van der Waals surface area contributed by atoms with Crippen molar-refractivity contribution in [3.05, 3.63) is 42.4 Å². The van der Waals surface area contributed by atoms with Crippen LogP contribution in [0.25, 0.3) is 28.5 Å². The zero-order valence-electron chi connectivity index (χ0n) is 13.3. The smallest absolute Gasteiger partial charge is 0.258 e. The van der Waals surface area contributed by atoms with Gasteiger partial charge in [0.05, 0.1) is 0 Å². The van der Waals surface area contributed by atoms with Gasteiger partial charge in [-0.1, -0.05) is 12.1 Å². The first-order valence-electron chi connectivity index (χ1n) is 7.89. The van der Waals surface area contributed by atoms with E-state index in [1.807, 2.05) is 47.9 Å². The molecule has 4 heterocycles. The average Bonchev–Trinajstić information content (AvgIpc) is 3.38. The maximum atomic E-state index is 5.42. The van der Waals surface area contributed by atoms with Crippen LogP contribution in [0.1, 0.15) is 12.7 Å². The van der Waals surface area contributed by atoms with Crippen molar-refractivity contribution < 1.29 is 14.0 Å². The van der Waals surface area contributed by atoms with Crippen LogP contribution in [-0.4, -0.2) is 31.5 Å². The molecule has 0 spiro atoms. The summed E-state index contributed by atoms with van der Waals surface area (Å²) in [4.78, 5) is 4.49. The van der Waals surface area contributed by atoms with Crippen molar-refractivity contribution >= 4 is 5.65 Å². The van der Waals surface area contributed by atoms with Crippen LogP contribution in [0.2, 0.25) is 0 Å². The molecule has 0 saturated carbocycles. The highest BCUT2D eigenvalue weighted by Crippen LogP contribution is 2.35. The van der Waals surface area contributed by atoms with Gasteiger partial charge in [-0.15, -0.1) is 10.2 Å². The van der Waals surface area contributed by atoms with Crippen molar-refractivity contribution in [3.63, 3.8) is 0 Å². The number of hydrogen-bond donors (Lipinski definition) is 0. The van der Waals surface area contributed by atoms with Crippen molar-refractivity contribution in [2.45, 2.75) is 13.3 Å². The molecule has 0 atom stereocenters. The van der Waals surface area contributed by atoms with Crippen LogP contribution in [0.4, 0.5) is 0 Å². The highest BCUT2D eigenvalue weighted by Gasteiger charge is 2.17. The minimum Gasteiger partial charge on any atom is -0.454 e. The summed E-state index contributed by atoms with van der Waals surface area (Å²) in [5.74, 6) is 3.21. The van der Waals surface area contributed by atoms with E-state index in [-0.39, 0.29) is 6.79 Å². The van der Waals surface area contributed by atoms with Crippen LogP contribution in [-0.2, 0) is 6.42 Å². The van der Waals surface area contributed by atoms with Gasteiger partial charge in [-0.2, -0.15) is 4.98 Å². The summed E-state index contributed by atoms with van der Waals surface area (Å²) in [7, 11) is 0. The first-order valence-corrected chi connectivity index (χ1v) is 7.89. The third-order valence-electron chi connectivity index (χ3n) is 4.09. The largest absolute Gasteiger partial charge is 0.454 e. The molecule has 0 saturated heterocycles. The highest BCUT2D eigenvalue weighted by molar-refractivity contribution is 5.63. The molecule has 0 aliphatic carbocycles. The topological polar surface area (TPSA) is 87.6 Å². The third-order valence-corrected chi connectivity index (χ3v) is 4.09. The summed E-state index contributed by atoms with van der Waals surface area (Å²) >= 11 is 0. The van der Waals surface area contributed by atoms with E-state index in [2.05, 4.69) is 20.3 Å². The van der Waals surface area contributed by atoms with E-state index in [9.17, 15) is 0 Å². The molecule has 0 N–H and O–H groups in total. The number of fused-ring (bicyclic) bond motifs is 2. The van der Waals surface area contributed by atoms with Crippen molar-refractivity contribution in [2.75, 3.05) is 6.79 Å². The number of pyridine rings is 1. The minimum atomic E-state index is 0.229. The number of ether oxygens (including phenoxy) is 2. The van der Waals surface area contributed by atoms with Crippen molar-refractivity contribution in [3.8, 4) is 34.3 Å². The van der Waals surface area contributed by atoms with E-state index >= 15 is 0 Å². The molecular weight excluding hydrogens is 322 g/mol. The Morgan fingerprint density at radius 1 is 1.04 bits per heavy atom. The molecule has 5 rings (SSSR count). The first kappa shape index (κ1) is 14.0. The lowest BCUT2D eigenvalue weighted by Gasteiger charge is -1.99. The first-order chi connectivity index (χ1) is 12.3. The Kier molecular flexibility index (Phi) is 2.96. The Morgan fingerprint density at radius 3 is 2.84 bits per heavy atom. The van der Waals surface area contributed by atoms with E-state index in [1.165, 1.54) is 0 Å². The van der Waals surface area contributed by atoms with Gasteiger partial charge in [-0.25, -0.2) is 0 Å². The molecular formula is C17H13N5O3. The maximum Gasteiger partial charge on any atom is 0.258 e. The van der Waals surface area contributed by atoms with Crippen LogP contribution in [0.15, 0.2) is 41.1 Å². The summed E-state index contributed by atoms with van der Waals surface area (Å²) in [6.07, 6.45) is 2.71. The summed E-state index contributed by atoms with van der Waals surface area (Å²) in [5.41, 5.74) is 2.40. The lowest BCUT2D eigenvalue weighted by Crippen LogP contribution is -1.93. The SMILES string of the molecule is CCc1nnc2ccc(-c3noc(-c4ccc5c(c4)OCO5)n3)cn12. The van der Waals surface area contributed by atoms with Gasteiger partial charge in [-0.05, 0) is 30.3 Å². The second kappa shape index (κ2) is 5.30. The van der Waals surface area contributed by atoms with Gasteiger partial charge in [0.1, 0.15) is 5.82 Å². The molecule has 0 amide bonds. The summed E-state index contributed by atoms with van der Waals surface area (Å²) in [5, 5.41) is 12.4. The average molecular weight is 335 g/mol. The van der Waals surface area contributed by atoms with E-state index in [1.54, 1.807) is 0 Å². The fraction of sp³-hybridized carbons (Fsp3) is 0.176. The number of hydrogen-bond acceptors (Lipinski definition) is 7. The van der Waals surface area contributed by atoms with Crippen LogP contribution in [0.3, 0.4) is 0 Å². The molecule has 0 radical (unpaired) electrons. The number of aromatic nitrogens is 5. The van der Waals surface area contributed by atoms with E-state index in [4.69, 9.17) is 14.0 Å². The van der Waals surface area contributed by atoms with Crippen LogP contribution < -0.4 is 9.47 Å². The predicted octanol–water partition coefficient (Wildman–Crippen LogP) is 2.74. The van der Waals surface area contributed by atoms with Crippen LogP contribution in [0.5, 0.6) is 11.5 Å². The second-order valence-electron chi connectivity index (χ2n) is 5.61. The fourth-order valence-corrected chi connectivity index (χ4v) is 2.80. The molecule has 8 heteroatoms. The maximum absolute atomic E-state index is 5.42. The second-order valence-corrected chi connectivity index (χ2v) is 5.61. The molecule has 25 heavy (non-hydrogen) atoms. The Balaban J connectivity index is 1.54. The molecule has 0 unspecified atom stereocenters. The van der Waals surface area contributed by atoms with E-state index in [0.717, 1.165) is 29.0 Å². The molecule has 4 aromatic rings. The lowest BCUT2D eigenvalue weighted by atomic mass is 10.2. The van der Waals surface area contributed by atoms with Crippen molar-refractivity contribution in [2.24, 2.45) is 0 Å². The quantitative estimate of drug-likeness (QED) is 0.569. The normalized spacial score (nSPS) is 12.8. The molecule has 1 aliphatic rings. The number of benzene rings is 1. The molecule has 0 fully saturated rings. The minimum absolute atomic E-state index is 0.229. The van der Waals surface area contributed by atoms with Crippen molar-refractivity contribution in [1.29, 1.82) is 0 Å². The van der Waals surface area contributed by atoms with Gasteiger partial charge in [0.2, 0.25) is 12.6 Å². The summed E-state index contributed by atoms with van der Waals surface area (Å²) < 4.78 is 18.1. The molecule has 124 valence electrons. The molecule has 0 bridgehead atoms. The Hall–Kier alpha value is -3.42. The lowest BCUT2D eigenvalue weighted by molar-refractivity contribution is 0.174. The number of nitrogens with zero attached hydrogens (tertiary/aromatic N) is 5. The third kappa shape index (κ3) is 2.22. The van der Waals surface area contributed by atoms with Crippen LogP contribution >= 0.6 is 0 Å². The monoisotopic (exact) mass is 335 g/mol. The van der Waals surface area contributed by atoms with E-state index in [0.29, 0.717) is 23.2 Å². The standard InChI is InChI=1S/C17H13N5O3/c1-2-14-19-20-15-6-4-11(8-22(14)15)16-18-17(25-21-16)10-3-5-12-13(7-10)24-9-23-12/h3-8H,2,9H2,1H3. The van der Waals surface area contributed by atoms with E-state index < -0.39 is 0 Å². The molecule has 8 nitrogen and oxygen atoms in total. The zero-order valence-corrected chi connectivity index (χ0v) is 13.3. The van der Waals surface area contributed by atoms with Gasteiger partial charge in [0.15, 0.2) is 17.1 Å². The van der Waals surface area contributed by atoms with Crippen molar-refractivity contribution in [1.82, 2.24) is 24.7 Å². The van der Waals surface area contributed by atoms with Gasteiger partial charge in [0, 0.05) is 23.7 Å². The zero-order chi connectivity index (χ0) is 16.8. The van der Waals surface area contributed by atoms with Gasteiger partial charge < -0.3 is 14.0 Å². The van der Waals surface area contributed by atoms with Gasteiger partial charge >= 0.3 is 0 Å². The fourth-order valence-electron chi connectivity index (χ4n) is 2.80. The Bertz CT molecular complexity index is 1090. The number of aryl methyl sites for hydroxylation is 1.